The summed E-state index contributed by atoms with van der Waals surface area (Å²) in [4.78, 5) is 14.5. The van der Waals surface area contributed by atoms with E-state index in [1.165, 1.54) is 12.1 Å². The number of para-hydroxylation sites is 1. The fraction of sp³-hybridized carbons (Fsp3) is 0.269. The maximum Gasteiger partial charge on any atom is 0.274 e. The zero-order valence-corrected chi connectivity index (χ0v) is 19.0. The van der Waals surface area contributed by atoms with Crippen LogP contribution >= 0.6 is 0 Å². The second-order valence-corrected chi connectivity index (χ2v) is 8.24. The van der Waals surface area contributed by atoms with Gasteiger partial charge in [0.05, 0.1) is 11.4 Å². The molecule has 0 saturated carbocycles. The van der Waals surface area contributed by atoms with Crippen LogP contribution in [0.1, 0.15) is 41.1 Å². The van der Waals surface area contributed by atoms with Gasteiger partial charge in [0, 0.05) is 30.5 Å². The van der Waals surface area contributed by atoms with E-state index in [9.17, 15) is 9.18 Å². The van der Waals surface area contributed by atoms with E-state index in [1.54, 1.807) is 21.7 Å². The number of nitrogens with one attached hydrogen (secondary N) is 1. The van der Waals surface area contributed by atoms with Gasteiger partial charge in [-0.15, -0.1) is 0 Å². The number of aromatic nitrogens is 4. The van der Waals surface area contributed by atoms with E-state index in [2.05, 4.69) is 15.3 Å². The molecule has 1 N–H and O–H groups in total. The normalized spacial score (nSPS) is 11.0. The lowest BCUT2D eigenvalue weighted by Gasteiger charge is -2.15. The maximum absolute atomic E-state index is 13.1. The van der Waals surface area contributed by atoms with Gasteiger partial charge >= 0.3 is 0 Å². The zero-order chi connectivity index (χ0) is 23.2. The number of halogens is 1. The minimum Gasteiger partial charge on any atom is -0.340 e. The Morgan fingerprint density at radius 2 is 1.79 bits per heavy atom. The van der Waals surface area contributed by atoms with Crippen LogP contribution in [-0.2, 0) is 6.42 Å². The van der Waals surface area contributed by atoms with Crippen molar-refractivity contribution in [3.05, 3.63) is 89.6 Å². The van der Waals surface area contributed by atoms with Crippen LogP contribution in [0.3, 0.4) is 0 Å². The predicted octanol–water partition coefficient (Wildman–Crippen LogP) is 5.19. The summed E-state index contributed by atoms with van der Waals surface area (Å²) in [6.45, 7) is 2.63. The monoisotopic (exact) mass is 445 g/mol. The number of carbonyl (C=O) groups is 1. The van der Waals surface area contributed by atoms with Crippen molar-refractivity contribution < 1.29 is 9.18 Å². The molecule has 0 atom stereocenters. The number of rotatable bonds is 9. The molecule has 0 bridgehead atoms. The molecule has 2 aromatic heterocycles. The Labute approximate surface area is 193 Å². The van der Waals surface area contributed by atoms with Gasteiger partial charge in [-0.2, -0.15) is 10.2 Å². The number of hydrogen-bond donors (Lipinski definition) is 1. The molecule has 1 amide bonds. The van der Waals surface area contributed by atoms with Crippen molar-refractivity contribution in [2.45, 2.75) is 32.6 Å². The minimum atomic E-state index is -0.252. The van der Waals surface area contributed by atoms with Crippen LogP contribution in [-0.4, -0.2) is 44.4 Å². The van der Waals surface area contributed by atoms with Crippen molar-refractivity contribution in [2.24, 2.45) is 0 Å². The largest absolute Gasteiger partial charge is 0.340 e. The molecule has 0 aliphatic carbocycles. The van der Waals surface area contributed by atoms with Gasteiger partial charge < -0.3 is 4.90 Å². The van der Waals surface area contributed by atoms with Crippen molar-refractivity contribution in [1.82, 2.24) is 24.9 Å². The van der Waals surface area contributed by atoms with Gasteiger partial charge in [0.25, 0.3) is 5.91 Å². The standard InChI is InChI=1S/C26H28FN5O/c1-19-17-25(30-32(19)23-10-6-3-7-11-23)26(33)31(2)16-8-4-5-9-22-18-24(29-28-22)20-12-14-21(27)15-13-20/h3,6-7,10-15,17-18H,4-5,8-9,16H2,1-2H3,(H,28,29). The highest BCUT2D eigenvalue weighted by atomic mass is 19.1. The second-order valence-electron chi connectivity index (χ2n) is 8.24. The van der Waals surface area contributed by atoms with Crippen molar-refractivity contribution in [3.8, 4) is 16.9 Å². The Bertz CT molecular complexity index is 1200. The average Bonchev–Trinajstić information content (AvgIpc) is 3.46. The van der Waals surface area contributed by atoms with Gasteiger partial charge in [-0.3, -0.25) is 9.89 Å². The first kappa shape index (κ1) is 22.5. The molecule has 0 saturated heterocycles. The van der Waals surface area contributed by atoms with Crippen LogP contribution in [0.2, 0.25) is 0 Å². The minimum absolute atomic E-state index is 0.0645. The summed E-state index contributed by atoms with van der Waals surface area (Å²) >= 11 is 0. The summed E-state index contributed by atoms with van der Waals surface area (Å²) in [6, 6.07) is 20.0. The highest BCUT2D eigenvalue weighted by molar-refractivity contribution is 5.92. The molecule has 0 spiro atoms. The van der Waals surface area contributed by atoms with Crippen molar-refractivity contribution in [2.75, 3.05) is 13.6 Å². The third-order valence-corrected chi connectivity index (χ3v) is 5.66. The molecular weight excluding hydrogens is 417 g/mol. The van der Waals surface area contributed by atoms with Crippen molar-refractivity contribution in [3.63, 3.8) is 0 Å². The lowest BCUT2D eigenvalue weighted by Crippen LogP contribution is -2.28. The number of carbonyl (C=O) groups excluding carboxylic acids is 1. The predicted molar refractivity (Wildman–Crippen MR) is 127 cm³/mol. The van der Waals surface area contributed by atoms with Crippen molar-refractivity contribution in [1.29, 1.82) is 0 Å². The van der Waals surface area contributed by atoms with Gasteiger partial charge in [0.15, 0.2) is 5.69 Å². The molecule has 0 radical (unpaired) electrons. The van der Waals surface area contributed by atoms with Gasteiger partial charge in [-0.05, 0) is 74.7 Å². The number of nitrogens with zero attached hydrogens (tertiary/aromatic N) is 4. The fourth-order valence-corrected chi connectivity index (χ4v) is 3.81. The number of benzene rings is 2. The molecule has 7 heteroatoms. The number of unbranched alkanes of at least 4 members (excludes halogenated alkanes) is 2. The summed E-state index contributed by atoms with van der Waals surface area (Å²) in [7, 11) is 1.82. The lowest BCUT2D eigenvalue weighted by molar-refractivity contribution is 0.0786. The molecule has 0 aliphatic rings. The first-order valence-corrected chi connectivity index (χ1v) is 11.2. The number of H-pyrrole nitrogens is 1. The van der Waals surface area contributed by atoms with Crippen LogP contribution in [0.25, 0.3) is 16.9 Å². The quantitative estimate of drug-likeness (QED) is 0.360. The zero-order valence-electron chi connectivity index (χ0n) is 19.0. The number of aryl methyl sites for hydroxylation is 2. The topological polar surface area (TPSA) is 66.8 Å². The average molecular weight is 446 g/mol. The van der Waals surface area contributed by atoms with E-state index in [0.717, 1.165) is 54.0 Å². The molecule has 0 fully saturated rings. The lowest BCUT2D eigenvalue weighted by atomic mass is 10.1. The molecule has 0 unspecified atom stereocenters. The fourth-order valence-electron chi connectivity index (χ4n) is 3.81. The van der Waals surface area contributed by atoms with E-state index < -0.39 is 0 Å². The molecule has 4 rings (SSSR count). The van der Waals surface area contributed by atoms with Gasteiger partial charge in [-0.1, -0.05) is 24.6 Å². The molecule has 33 heavy (non-hydrogen) atoms. The third-order valence-electron chi connectivity index (χ3n) is 5.66. The maximum atomic E-state index is 13.1. The summed E-state index contributed by atoms with van der Waals surface area (Å²) in [5.74, 6) is -0.317. The summed E-state index contributed by atoms with van der Waals surface area (Å²) < 4.78 is 14.9. The van der Waals surface area contributed by atoms with Gasteiger partial charge in [-0.25, -0.2) is 9.07 Å². The highest BCUT2D eigenvalue weighted by Gasteiger charge is 2.17. The first-order valence-electron chi connectivity index (χ1n) is 11.2. The SMILES string of the molecule is Cc1cc(C(=O)N(C)CCCCCc2cc(-c3ccc(F)cc3)n[nH]2)nn1-c1ccccc1. The van der Waals surface area contributed by atoms with Gasteiger partial charge in [0.2, 0.25) is 0 Å². The van der Waals surface area contributed by atoms with E-state index in [0.29, 0.717) is 12.2 Å². The summed E-state index contributed by atoms with van der Waals surface area (Å²) in [5, 5.41) is 11.9. The molecular formula is C26H28FN5O. The Kier molecular flexibility index (Phi) is 6.98. The molecule has 2 heterocycles. The highest BCUT2D eigenvalue weighted by Crippen LogP contribution is 2.19. The van der Waals surface area contributed by atoms with E-state index in [-0.39, 0.29) is 11.7 Å². The van der Waals surface area contributed by atoms with Crippen LogP contribution < -0.4 is 0 Å². The Morgan fingerprint density at radius 3 is 2.55 bits per heavy atom. The number of aromatic amines is 1. The Hall–Kier alpha value is -3.74. The van der Waals surface area contributed by atoms with Crippen LogP contribution in [0.4, 0.5) is 4.39 Å². The van der Waals surface area contributed by atoms with Crippen LogP contribution in [0.15, 0.2) is 66.7 Å². The van der Waals surface area contributed by atoms with Crippen molar-refractivity contribution >= 4 is 5.91 Å². The first-order chi connectivity index (χ1) is 16.0. The second kappa shape index (κ2) is 10.3. The Morgan fingerprint density at radius 1 is 1.03 bits per heavy atom. The molecule has 170 valence electrons. The third kappa shape index (κ3) is 5.55. The molecule has 2 aromatic carbocycles. The van der Waals surface area contributed by atoms with E-state index in [1.807, 2.05) is 56.4 Å². The molecule has 0 aliphatic heterocycles. The number of amides is 1. The Balaban J connectivity index is 1.23. The van der Waals surface area contributed by atoms with E-state index >= 15 is 0 Å². The van der Waals surface area contributed by atoms with Crippen LogP contribution in [0.5, 0.6) is 0 Å². The van der Waals surface area contributed by atoms with Gasteiger partial charge in [0.1, 0.15) is 5.82 Å². The van der Waals surface area contributed by atoms with E-state index in [4.69, 9.17) is 0 Å². The smallest absolute Gasteiger partial charge is 0.274 e. The van der Waals surface area contributed by atoms with Crippen LogP contribution in [0, 0.1) is 12.7 Å². The number of hydrogen-bond acceptors (Lipinski definition) is 3. The summed E-state index contributed by atoms with van der Waals surface area (Å²) in [5.41, 5.74) is 5.10. The summed E-state index contributed by atoms with van der Waals surface area (Å²) in [6.07, 6.45) is 3.79. The molecule has 4 aromatic rings. The molecule has 6 nitrogen and oxygen atoms in total.